The third-order valence-corrected chi connectivity index (χ3v) is 4.07. The predicted molar refractivity (Wildman–Crippen MR) is 107 cm³/mol. The van der Waals surface area contributed by atoms with Crippen LogP contribution in [0.15, 0.2) is 48.5 Å². The SMILES string of the molecule is CCOc1ccc(CCNC(=O)C(OCC(F)(F)F)c2ccccc2)cc1OCC. The minimum atomic E-state index is -4.52. The highest BCUT2D eigenvalue weighted by Gasteiger charge is 2.32. The summed E-state index contributed by atoms with van der Waals surface area (Å²) in [6.45, 7) is 3.47. The van der Waals surface area contributed by atoms with Crippen molar-refractivity contribution in [2.45, 2.75) is 32.5 Å². The zero-order chi connectivity index (χ0) is 22.0. The molecule has 2 aromatic carbocycles. The second kappa shape index (κ2) is 11.4. The Bertz CT molecular complexity index is 797. The fourth-order valence-electron chi connectivity index (χ4n) is 2.80. The lowest BCUT2D eigenvalue weighted by atomic mass is 10.1. The zero-order valence-electron chi connectivity index (χ0n) is 17.0. The lowest BCUT2D eigenvalue weighted by Crippen LogP contribution is -2.34. The van der Waals surface area contributed by atoms with E-state index in [9.17, 15) is 18.0 Å². The molecule has 0 saturated carbocycles. The summed E-state index contributed by atoms with van der Waals surface area (Å²) in [6, 6.07) is 13.6. The van der Waals surface area contributed by atoms with Gasteiger partial charge in [0.2, 0.25) is 0 Å². The van der Waals surface area contributed by atoms with Crippen molar-refractivity contribution < 1.29 is 32.2 Å². The number of hydrogen-bond donors (Lipinski definition) is 1. The molecule has 164 valence electrons. The molecule has 0 spiro atoms. The Hall–Kier alpha value is -2.74. The van der Waals surface area contributed by atoms with Crippen LogP contribution >= 0.6 is 0 Å². The second-order valence-corrected chi connectivity index (χ2v) is 6.41. The van der Waals surface area contributed by atoms with E-state index in [1.54, 1.807) is 36.4 Å². The van der Waals surface area contributed by atoms with Crippen LogP contribution in [0.5, 0.6) is 11.5 Å². The Labute approximate surface area is 174 Å². The Kier molecular flexibility index (Phi) is 8.98. The molecular formula is C22H26F3NO4. The summed E-state index contributed by atoms with van der Waals surface area (Å²) in [6.07, 6.45) is -5.39. The molecule has 0 radical (unpaired) electrons. The predicted octanol–water partition coefficient (Wildman–Crippen LogP) is 4.46. The first kappa shape index (κ1) is 23.5. The van der Waals surface area contributed by atoms with Crippen LogP contribution in [-0.4, -0.2) is 38.4 Å². The van der Waals surface area contributed by atoms with E-state index in [0.717, 1.165) is 5.56 Å². The van der Waals surface area contributed by atoms with E-state index < -0.39 is 24.8 Å². The molecule has 0 aliphatic carbocycles. The van der Waals surface area contributed by atoms with Crippen LogP contribution in [0.3, 0.4) is 0 Å². The fourth-order valence-corrected chi connectivity index (χ4v) is 2.80. The van der Waals surface area contributed by atoms with E-state index >= 15 is 0 Å². The standard InChI is InChI=1S/C22H26F3NO4/c1-3-28-18-11-10-16(14-19(18)29-4-2)12-13-26-21(27)20(30-15-22(23,24)25)17-8-6-5-7-9-17/h5-11,14,20H,3-4,12-13,15H2,1-2H3,(H,26,27). The summed E-state index contributed by atoms with van der Waals surface area (Å²) >= 11 is 0. The third kappa shape index (κ3) is 7.59. The van der Waals surface area contributed by atoms with Crippen molar-refractivity contribution in [1.29, 1.82) is 0 Å². The minimum Gasteiger partial charge on any atom is -0.490 e. The number of alkyl halides is 3. The Balaban J connectivity index is 2.00. The summed E-state index contributed by atoms with van der Waals surface area (Å²) in [5, 5.41) is 2.65. The highest BCUT2D eigenvalue weighted by Crippen LogP contribution is 2.29. The molecule has 0 bridgehead atoms. The van der Waals surface area contributed by atoms with Gasteiger partial charge in [0.1, 0.15) is 6.61 Å². The molecule has 8 heteroatoms. The molecule has 1 unspecified atom stereocenters. The Morgan fingerprint density at radius 1 is 1.00 bits per heavy atom. The van der Waals surface area contributed by atoms with Gasteiger partial charge >= 0.3 is 6.18 Å². The molecule has 1 amide bonds. The van der Waals surface area contributed by atoms with Crippen molar-refractivity contribution in [2.24, 2.45) is 0 Å². The minimum absolute atomic E-state index is 0.233. The number of rotatable bonds is 11. The number of halogens is 3. The van der Waals surface area contributed by atoms with Crippen LogP contribution in [0.25, 0.3) is 0 Å². The van der Waals surface area contributed by atoms with Gasteiger partial charge in [-0.1, -0.05) is 36.4 Å². The van der Waals surface area contributed by atoms with Gasteiger partial charge in [-0.15, -0.1) is 0 Å². The van der Waals surface area contributed by atoms with Crippen LogP contribution in [0.1, 0.15) is 31.1 Å². The van der Waals surface area contributed by atoms with Crippen molar-refractivity contribution in [2.75, 3.05) is 26.4 Å². The lowest BCUT2D eigenvalue weighted by Gasteiger charge is -2.19. The Morgan fingerprint density at radius 3 is 2.30 bits per heavy atom. The number of nitrogens with one attached hydrogen (secondary N) is 1. The molecule has 0 aliphatic rings. The molecule has 0 heterocycles. The molecule has 1 N–H and O–H groups in total. The number of carbonyl (C=O) groups excluding carboxylic acids is 1. The van der Waals surface area contributed by atoms with Crippen LogP contribution in [0, 0.1) is 0 Å². The van der Waals surface area contributed by atoms with E-state index in [1.807, 2.05) is 26.0 Å². The van der Waals surface area contributed by atoms with Gasteiger partial charge in [0.25, 0.3) is 5.91 Å². The van der Waals surface area contributed by atoms with Gasteiger partial charge in [-0.2, -0.15) is 13.2 Å². The molecule has 2 rings (SSSR count). The average molecular weight is 425 g/mol. The van der Waals surface area contributed by atoms with Crippen molar-refractivity contribution in [3.05, 3.63) is 59.7 Å². The monoisotopic (exact) mass is 425 g/mol. The van der Waals surface area contributed by atoms with Crippen molar-refractivity contribution in [3.8, 4) is 11.5 Å². The van der Waals surface area contributed by atoms with Gasteiger partial charge in [0.05, 0.1) is 13.2 Å². The van der Waals surface area contributed by atoms with Gasteiger partial charge in [-0.25, -0.2) is 0 Å². The molecule has 0 fully saturated rings. The molecule has 2 aromatic rings. The quantitative estimate of drug-likeness (QED) is 0.578. The van der Waals surface area contributed by atoms with Gasteiger partial charge in [-0.3, -0.25) is 4.79 Å². The van der Waals surface area contributed by atoms with E-state index in [0.29, 0.717) is 36.7 Å². The largest absolute Gasteiger partial charge is 0.490 e. The normalized spacial score (nSPS) is 12.3. The molecule has 0 aromatic heterocycles. The number of amides is 1. The maximum atomic E-state index is 12.6. The smallest absolute Gasteiger partial charge is 0.411 e. The summed E-state index contributed by atoms with van der Waals surface area (Å²) in [5.74, 6) is 0.622. The van der Waals surface area contributed by atoms with Crippen molar-refractivity contribution >= 4 is 5.91 Å². The Morgan fingerprint density at radius 2 is 1.67 bits per heavy atom. The lowest BCUT2D eigenvalue weighted by molar-refractivity contribution is -0.188. The summed E-state index contributed by atoms with van der Waals surface area (Å²) in [7, 11) is 0. The van der Waals surface area contributed by atoms with Crippen LogP contribution in [-0.2, 0) is 16.0 Å². The van der Waals surface area contributed by atoms with Gasteiger partial charge < -0.3 is 19.5 Å². The van der Waals surface area contributed by atoms with Gasteiger partial charge in [0.15, 0.2) is 17.6 Å². The average Bonchev–Trinajstić information content (AvgIpc) is 2.70. The van der Waals surface area contributed by atoms with Crippen molar-refractivity contribution in [3.63, 3.8) is 0 Å². The van der Waals surface area contributed by atoms with Gasteiger partial charge in [-0.05, 0) is 43.5 Å². The van der Waals surface area contributed by atoms with Gasteiger partial charge in [0, 0.05) is 6.54 Å². The highest BCUT2D eigenvalue weighted by atomic mass is 19.4. The molecule has 0 aliphatic heterocycles. The van der Waals surface area contributed by atoms with E-state index in [1.165, 1.54) is 0 Å². The highest BCUT2D eigenvalue weighted by molar-refractivity contribution is 5.82. The number of hydrogen-bond acceptors (Lipinski definition) is 4. The topological polar surface area (TPSA) is 56.8 Å². The third-order valence-electron chi connectivity index (χ3n) is 4.07. The van der Waals surface area contributed by atoms with Crippen LogP contribution in [0.4, 0.5) is 13.2 Å². The zero-order valence-corrected chi connectivity index (χ0v) is 17.0. The molecule has 5 nitrogen and oxygen atoms in total. The second-order valence-electron chi connectivity index (χ2n) is 6.41. The fraction of sp³-hybridized carbons (Fsp3) is 0.409. The molecule has 1 atom stereocenters. The maximum absolute atomic E-state index is 12.6. The van der Waals surface area contributed by atoms with E-state index in [2.05, 4.69) is 5.32 Å². The van der Waals surface area contributed by atoms with E-state index in [4.69, 9.17) is 14.2 Å². The molecule has 30 heavy (non-hydrogen) atoms. The first-order valence-corrected chi connectivity index (χ1v) is 9.73. The summed E-state index contributed by atoms with van der Waals surface area (Å²) in [5.41, 5.74) is 1.26. The first-order chi connectivity index (χ1) is 14.3. The number of carbonyl (C=O) groups is 1. The number of ether oxygens (including phenoxy) is 3. The summed E-state index contributed by atoms with van der Waals surface area (Å²) in [4.78, 5) is 12.5. The van der Waals surface area contributed by atoms with Crippen molar-refractivity contribution in [1.82, 2.24) is 5.32 Å². The van der Waals surface area contributed by atoms with Crippen LogP contribution < -0.4 is 14.8 Å². The summed E-state index contributed by atoms with van der Waals surface area (Å²) < 4.78 is 53.7. The molecular weight excluding hydrogens is 399 g/mol. The first-order valence-electron chi connectivity index (χ1n) is 9.73. The van der Waals surface area contributed by atoms with E-state index in [-0.39, 0.29) is 6.54 Å². The van der Waals surface area contributed by atoms with Crippen LogP contribution in [0.2, 0.25) is 0 Å². The maximum Gasteiger partial charge on any atom is 0.411 e. The number of benzene rings is 2. The molecule has 0 saturated heterocycles.